The van der Waals surface area contributed by atoms with Crippen LogP contribution in [0.4, 0.5) is 11.8 Å². The standard InChI is InChI=1S/C14H14BrN5O/c1-2-5-21-11-6-8(15)3-4-9(11)12-10(7-16)13(17)20-14(18)19-12/h3-4,6H,2,5H2,1H3,(H4,17,18,19,20). The van der Waals surface area contributed by atoms with Crippen molar-refractivity contribution in [2.75, 3.05) is 18.1 Å². The lowest BCUT2D eigenvalue weighted by Gasteiger charge is -2.13. The number of rotatable bonds is 4. The van der Waals surface area contributed by atoms with Crippen molar-refractivity contribution < 1.29 is 4.74 Å². The maximum absolute atomic E-state index is 9.27. The SMILES string of the molecule is CCCOc1cc(Br)ccc1-c1nc(N)nc(N)c1C#N. The lowest BCUT2D eigenvalue weighted by atomic mass is 10.1. The Hall–Kier alpha value is -2.33. The van der Waals surface area contributed by atoms with Crippen LogP contribution in [-0.2, 0) is 0 Å². The summed E-state index contributed by atoms with van der Waals surface area (Å²) in [7, 11) is 0. The van der Waals surface area contributed by atoms with Crippen LogP contribution in [0.5, 0.6) is 5.75 Å². The number of halogens is 1. The van der Waals surface area contributed by atoms with Crippen molar-refractivity contribution in [3.63, 3.8) is 0 Å². The number of nitrogens with two attached hydrogens (primary N) is 2. The van der Waals surface area contributed by atoms with Gasteiger partial charge in [0.15, 0.2) is 0 Å². The summed E-state index contributed by atoms with van der Waals surface area (Å²) in [6.07, 6.45) is 0.866. The number of nitrogen functional groups attached to an aromatic ring is 2. The largest absolute Gasteiger partial charge is 0.493 e. The Kier molecular flexibility index (Phi) is 4.60. The Morgan fingerprint density at radius 2 is 2.10 bits per heavy atom. The second-order valence-corrected chi connectivity index (χ2v) is 5.21. The highest BCUT2D eigenvalue weighted by Gasteiger charge is 2.17. The summed E-state index contributed by atoms with van der Waals surface area (Å²) in [6.45, 7) is 2.57. The first-order valence-corrected chi connectivity index (χ1v) is 7.12. The zero-order valence-corrected chi connectivity index (χ0v) is 13.0. The van der Waals surface area contributed by atoms with E-state index in [0.29, 0.717) is 23.6 Å². The van der Waals surface area contributed by atoms with Crippen LogP contribution in [0.25, 0.3) is 11.3 Å². The number of nitrogens with zero attached hydrogens (tertiary/aromatic N) is 3. The second kappa shape index (κ2) is 6.41. The van der Waals surface area contributed by atoms with Crippen LogP contribution in [-0.4, -0.2) is 16.6 Å². The van der Waals surface area contributed by atoms with E-state index in [0.717, 1.165) is 10.9 Å². The van der Waals surface area contributed by atoms with Gasteiger partial charge in [-0.3, -0.25) is 0 Å². The molecule has 1 heterocycles. The normalized spacial score (nSPS) is 10.1. The molecule has 0 saturated heterocycles. The van der Waals surface area contributed by atoms with Crippen LogP contribution >= 0.6 is 15.9 Å². The maximum atomic E-state index is 9.27. The average Bonchev–Trinajstić information content (AvgIpc) is 2.44. The number of aromatic nitrogens is 2. The molecule has 7 heteroatoms. The number of hydrogen-bond donors (Lipinski definition) is 2. The fourth-order valence-electron chi connectivity index (χ4n) is 1.82. The highest BCUT2D eigenvalue weighted by molar-refractivity contribution is 9.10. The Morgan fingerprint density at radius 1 is 1.33 bits per heavy atom. The summed E-state index contributed by atoms with van der Waals surface area (Å²) in [4.78, 5) is 7.95. The summed E-state index contributed by atoms with van der Waals surface area (Å²) in [5.74, 6) is 0.690. The zero-order chi connectivity index (χ0) is 15.4. The fraction of sp³-hybridized carbons (Fsp3) is 0.214. The molecule has 0 saturated carbocycles. The average molecular weight is 348 g/mol. The van der Waals surface area contributed by atoms with Crippen molar-refractivity contribution in [3.8, 4) is 23.1 Å². The van der Waals surface area contributed by atoms with Crippen LogP contribution < -0.4 is 16.2 Å². The van der Waals surface area contributed by atoms with E-state index in [1.165, 1.54) is 0 Å². The Labute approximate surface area is 130 Å². The van der Waals surface area contributed by atoms with Gasteiger partial charge >= 0.3 is 0 Å². The third-order valence-corrected chi connectivity index (χ3v) is 3.22. The van der Waals surface area contributed by atoms with Gasteiger partial charge < -0.3 is 16.2 Å². The topological polar surface area (TPSA) is 111 Å². The van der Waals surface area contributed by atoms with Crippen molar-refractivity contribution in [3.05, 3.63) is 28.2 Å². The van der Waals surface area contributed by atoms with Crippen molar-refractivity contribution in [1.29, 1.82) is 5.26 Å². The van der Waals surface area contributed by atoms with Gasteiger partial charge in [-0.25, -0.2) is 4.98 Å². The van der Waals surface area contributed by atoms with E-state index < -0.39 is 0 Å². The smallest absolute Gasteiger partial charge is 0.222 e. The molecule has 0 unspecified atom stereocenters. The first-order valence-electron chi connectivity index (χ1n) is 6.32. The Balaban J connectivity index is 2.64. The second-order valence-electron chi connectivity index (χ2n) is 4.29. The highest BCUT2D eigenvalue weighted by atomic mass is 79.9. The monoisotopic (exact) mass is 347 g/mol. The van der Waals surface area contributed by atoms with Crippen LogP contribution in [0.1, 0.15) is 18.9 Å². The van der Waals surface area contributed by atoms with Gasteiger partial charge in [0.25, 0.3) is 0 Å². The van der Waals surface area contributed by atoms with Crippen LogP contribution in [0.2, 0.25) is 0 Å². The molecule has 0 spiro atoms. The number of benzene rings is 1. The molecule has 0 aliphatic heterocycles. The molecule has 0 aliphatic carbocycles. The van der Waals surface area contributed by atoms with E-state index in [4.69, 9.17) is 16.2 Å². The minimum atomic E-state index is 0.0193. The maximum Gasteiger partial charge on any atom is 0.222 e. The first kappa shape index (κ1) is 15.1. The van der Waals surface area contributed by atoms with Gasteiger partial charge in [-0.2, -0.15) is 10.2 Å². The van der Waals surface area contributed by atoms with E-state index in [1.54, 1.807) is 6.07 Å². The molecule has 6 nitrogen and oxygen atoms in total. The number of anilines is 2. The molecule has 0 amide bonds. The molecule has 0 aliphatic rings. The molecule has 1 aromatic carbocycles. The van der Waals surface area contributed by atoms with Crippen LogP contribution in [0.3, 0.4) is 0 Å². The van der Waals surface area contributed by atoms with Gasteiger partial charge in [-0.15, -0.1) is 0 Å². The minimum Gasteiger partial charge on any atom is -0.493 e. The lowest BCUT2D eigenvalue weighted by molar-refractivity contribution is 0.318. The third-order valence-electron chi connectivity index (χ3n) is 2.73. The van der Waals surface area contributed by atoms with Gasteiger partial charge in [-0.1, -0.05) is 22.9 Å². The molecule has 2 aromatic rings. The zero-order valence-electron chi connectivity index (χ0n) is 11.4. The first-order chi connectivity index (χ1) is 10.1. The number of hydrogen-bond acceptors (Lipinski definition) is 6. The van der Waals surface area contributed by atoms with Gasteiger partial charge in [0.05, 0.1) is 12.3 Å². The lowest BCUT2D eigenvalue weighted by Crippen LogP contribution is -2.06. The molecule has 108 valence electrons. The molecule has 0 bridgehead atoms. The molecular weight excluding hydrogens is 334 g/mol. The molecule has 4 N–H and O–H groups in total. The molecule has 0 radical (unpaired) electrons. The van der Waals surface area contributed by atoms with E-state index in [9.17, 15) is 5.26 Å². The summed E-state index contributed by atoms with van der Waals surface area (Å²) in [5, 5.41) is 9.27. The number of ether oxygens (including phenoxy) is 1. The van der Waals surface area contributed by atoms with Crippen LogP contribution in [0.15, 0.2) is 22.7 Å². The predicted octanol–water partition coefficient (Wildman–Crippen LogP) is 2.73. The fourth-order valence-corrected chi connectivity index (χ4v) is 2.16. The van der Waals surface area contributed by atoms with Gasteiger partial charge in [-0.05, 0) is 24.6 Å². The Bertz CT molecular complexity index is 711. The van der Waals surface area contributed by atoms with Gasteiger partial charge in [0.1, 0.15) is 23.2 Å². The minimum absolute atomic E-state index is 0.0193. The van der Waals surface area contributed by atoms with E-state index in [-0.39, 0.29) is 17.3 Å². The molecule has 21 heavy (non-hydrogen) atoms. The summed E-state index contributed by atoms with van der Waals surface area (Å²) >= 11 is 3.40. The van der Waals surface area contributed by atoms with E-state index in [2.05, 4.69) is 25.9 Å². The summed E-state index contributed by atoms with van der Waals surface area (Å²) in [5.41, 5.74) is 12.6. The van der Waals surface area contributed by atoms with Gasteiger partial charge in [0, 0.05) is 10.0 Å². The quantitative estimate of drug-likeness (QED) is 0.879. The number of nitriles is 1. The van der Waals surface area contributed by atoms with Crippen molar-refractivity contribution in [1.82, 2.24) is 9.97 Å². The highest BCUT2D eigenvalue weighted by Crippen LogP contribution is 2.35. The molecule has 0 fully saturated rings. The summed E-state index contributed by atoms with van der Waals surface area (Å²) < 4.78 is 6.59. The van der Waals surface area contributed by atoms with E-state index in [1.807, 2.05) is 25.1 Å². The Morgan fingerprint density at radius 3 is 2.76 bits per heavy atom. The molecular formula is C14H14BrN5O. The van der Waals surface area contributed by atoms with Crippen LogP contribution in [0, 0.1) is 11.3 Å². The molecule has 2 rings (SSSR count). The van der Waals surface area contributed by atoms with E-state index >= 15 is 0 Å². The molecule has 1 aromatic heterocycles. The van der Waals surface area contributed by atoms with Crippen molar-refractivity contribution >= 4 is 27.7 Å². The molecule has 0 atom stereocenters. The third kappa shape index (κ3) is 3.23. The predicted molar refractivity (Wildman–Crippen MR) is 84.5 cm³/mol. The summed E-state index contributed by atoms with van der Waals surface area (Å²) in [6, 6.07) is 7.47. The van der Waals surface area contributed by atoms with Gasteiger partial charge in [0.2, 0.25) is 5.95 Å². The van der Waals surface area contributed by atoms with Crippen molar-refractivity contribution in [2.24, 2.45) is 0 Å². The van der Waals surface area contributed by atoms with Crippen molar-refractivity contribution in [2.45, 2.75) is 13.3 Å².